The summed E-state index contributed by atoms with van der Waals surface area (Å²) in [4.78, 5) is 25.9. The minimum Gasteiger partial charge on any atom is -0.357 e. The van der Waals surface area contributed by atoms with Gasteiger partial charge in [0.15, 0.2) is 5.11 Å². The Morgan fingerprint density at radius 2 is 1.89 bits per heavy atom. The topological polar surface area (TPSA) is 73.5 Å². The number of amides is 2. The largest absolute Gasteiger partial charge is 0.357 e. The van der Waals surface area contributed by atoms with E-state index in [1.165, 1.54) is 12.1 Å². The molecule has 28 heavy (non-hydrogen) atoms. The van der Waals surface area contributed by atoms with E-state index in [0.29, 0.717) is 25.1 Å². The third-order valence-electron chi connectivity index (χ3n) is 4.39. The highest BCUT2D eigenvalue weighted by atomic mass is 32.1. The molecule has 6 nitrogen and oxygen atoms in total. The van der Waals surface area contributed by atoms with E-state index in [9.17, 15) is 14.0 Å². The summed E-state index contributed by atoms with van der Waals surface area (Å²) in [5, 5.41) is 3.18. The van der Waals surface area contributed by atoms with Gasteiger partial charge in [-0.1, -0.05) is 24.3 Å². The quantitative estimate of drug-likeness (QED) is 0.530. The van der Waals surface area contributed by atoms with Crippen LogP contribution in [0.15, 0.2) is 48.5 Å². The summed E-state index contributed by atoms with van der Waals surface area (Å²) in [6, 6.07) is 13.2. The van der Waals surface area contributed by atoms with Crippen LogP contribution >= 0.6 is 12.2 Å². The molecule has 8 heteroatoms. The Morgan fingerprint density at radius 1 is 1.11 bits per heavy atom. The van der Waals surface area contributed by atoms with E-state index < -0.39 is 0 Å². The summed E-state index contributed by atoms with van der Waals surface area (Å²) in [5.74, 6) is -0.484. The van der Waals surface area contributed by atoms with E-state index in [-0.39, 0.29) is 22.7 Å². The summed E-state index contributed by atoms with van der Waals surface area (Å²) in [5.41, 5.74) is 7.42. The van der Waals surface area contributed by atoms with Crippen LogP contribution in [-0.4, -0.2) is 28.4 Å². The van der Waals surface area contributed by atoms with Gasteiger partial charge in [0.2, 0.25) is 5.91 Å². The number of rotatable bonds is 5. The van der Waals surface area contributed by atoms with Gasteiger partial charge >= 0.3 is 0 Å². The fourth-order valence-corrected chi connectivity index (χ4v) is 3.04. The van der Waals surface area contributed by atoms with Gasteiger partial charge in [-0.05, 0) is 54.0 Å². The number of nitrogens with zero attached hydrogens (tertiary/aromatic N) is 1. The van der Waals surface area contributed by atoms with Crippen LogP contribution < -0.4 is 16.2 Å². The molecule has 1 heterocycles. The molecule has 0 unspecified atom stereocenters. The first-order valence-corrected chi connectivity index (χ1v) is 9.37. The van der Waals surface area contributed by atoms with Crippen molar-refractivity contribution in [3.05, 3.63) is 71.0 Å². The standard InChI is InChI=1S/C20H21FN4O2S/c21-17-8-6-14(7-9-17)12-22-20(28)24-23-19(27)16-4-1-3-15(11-16)13-25-10-2-5-18(25)26/h1,3-4,6-9,11H,2,5,10,12-13H2,(H,23,27)(H2,22,24,28). The molecule has 2 aromatic carbocycles. The molecule has 0 saturated carbocycles. The molecule has 1 aliphatic heterocycles. The van der Waals surface area contributed by atoms with Gasteiger partial charge in [0.05, 0.1) is 0 Å². The van der Waals surface area contributed by atoms with Gasteiger partial charge in [0, 0.05) is 31.6 Å². The number of carbonyl (C=O) groups is 2. The van der Waals surface area contributed by atoms with Gasteiger partial charge in [-0.3, -0.25) is 20.4 Å². The number of hydrazine groups is 1. The zero-order valence-electron chi connectivity index (χ0n) is 15.2. The van der Waals surface area contributed by atoms with Gasteiger partial charge in [0.1, 0.15) is 5.82 Å². The number of nitrogens with one attached hydrogen (secondary N) is 3. The second-order valence-corrected chi connectivity index (χ2v) is 6.92. The average Bonchev–Trinajstić information content (AvgIpc) is 3.10. The molecule has 0 aliphatic carbocycles. The van der Waals surface area contributed by atoms with Crippen molar-refractivity contribution in [1.29, 1.82) is 0 Å². The molecule has 2 aromatic rings. The van der Waals surface area contributed by atoms with E-state index in [2.05, 4.69) is 16.2 Å². The number of hydrogen-bond donors (Lipinski definition) is 3. The monoisotopic (exact) mass is 400 g/mol. The molecule has 0 radical (unpaired) electrons. The number of carbonyl (C=O) groups excluding carboxylic acids is 2. The van der Waals surface area contributed by atoms with E-state index >= 15 is 0 Å². The first kappa shape index (κ1) is 19.8. The Balaban J connectivity index is 1.47. The predicted molar refractivity (Wildman–Crippen MR) is 108 cm³/mol. The molecule has 1 fully saturated rings. The fraction of sp³-hybridized carbons (Fsp3) is 0.250. The summed E-state index contributed by atoms with van der Waals surface area (Å²) in [6.07, 6.45) is 1.47. The SMILES string of the molecule is O=C(NNC(=S)NCc1ccc(F)cc1)c1cccc(CN2CCCC2=O)c1. The lowest BCUT2D eigenvalue weighted by Gasteiger charge is -2.16. The third kappa shape index (κ3) is 5.50. The summed E-state index contributed by atoms with van der Waals surface area (Å²) < 4.78 is 12.9. The van der Waals surface area contributed by atoms with Crippen LogP contribution in [0, 0.1) is 5.82 Å². The van der Waals surface area contributed by atoms with Crippen LogP contribution in [0.4, 0.5) is 4.39 Å². The Labute approximate surface area is 168 Å². The minimum absolute atomic E-state index is 0.147. The highest BCUT2D eigenvalue weighted by molar-refractivity contribution is 7.80. The zero-order valence-corrected chi connectivity index (χ0v) is 16.0. The minimum atomic E-state index is -0.333. The Kier molecular flexibility index (Phi) is 6.54. The average molecular weight is 400 g/mol. The predicted octanol–water partition coefficient (Wildman–Crippen LogP) is 2.26. The van der Waals surface area contributed by atoms with Crippen molar-refractivity contribution in [3.8, 4) is 0 Å². The molecular weight excluding hydrogens is 379 g/mol. The third-order valence-corrected chi connectivity index (χ3v) is 4.64. The first-order chi connectivity index (χ1) is 13.5. The molecule has 3 N–H and O–H groups in total. The van der Waals surface area contributed by atoms with Crippen LogP contribution in [-0.2, 0) is 17.9 Å². The normalized spacial score (nSPS) is 13.3. The van der Waals surface area contributed by atoms with Gasteiger partial charge in [-0.2, -0.15) is 0 Å². The Bertz CT molecular complexity index is 873. The van der Waals surface area contributed by atoms with Crippen molar-refractivity contribution in [2.75, 3.05) is 6.54 Å². The van der Waals surface area contributed by atoms with E-state index in [1.54, 1.807) is 35.2 Å². The van der Waals surface area contributed by atoms with Gasteiger partial charge in [-0.25, -0.2) is 4.39 Å². The second-order valence-electron chi connectivity index (χ2n) is 6.51. The lowest BCUT2D eigenvalue weighted by atomic mass is 10.1. The number of thiocarbonyl (C=S) groups is 1. The van der Waals surface area contributed by atoms with Crippen molar-refractivity contribution in [1.82, 2.24) is 21.1 Å². The molecule has 146 valence electrons. The lowest BCUT2D eigenvalue weighted by Crippen LogP contribution is -2.46. The number of benzene rings is 2. The fourth-order valence-electron chi connectivity index (χ4n) is 2.92. The van der Waals surface area contributed by atoms with Gasteiger partial charge in [0.25, 0.3) is 5.91 Å². The molecule has 2 amide bonds. The number of halogens is 1. The lowest BCUT2D eigenvalue weighted by molar-refractivity contribution is -0.128. The molecule has 0 bridgehead atoms. The van der Waals surface area contributed by atoms with Crippen molar-refractivity contribution in [3.63, 3.8) is 0 Å². The maximum atomic E-state index is 12.9. The zero-order chi connectivity index (χ0) is 19.9. The van der Waals surface area contributed by atoms with Crippen LogP contribution in [0.3, 0.4) is 0 Å². The molecule has 0 aromatic heterocycles. The number of hydrogen-bond acceptors (Lipinski definition) is 3. The maximum Gasteiger partial charge on any atom is 0.269 e. The molecule has 1 aliphatic rings. The van der Waals surface area contributed by atoms with Crippen molar-refractivity contribution < 1.29 is 14.0 Å². The molecule has 0 atom stereocenters. The summed E-state index contributed by atoms with van der Waals surface area (Å²) >= 11 is 5.13. The molecule has 3 rings (SSSR count). The van der Waals surface area contributed by atoms with Crippen LogP contribution in [0.2, 0.25) is 0 Å². The molecule has 0 spiro atoms. The van der Waals surface area contributed by atoms with Gasteiger partial charge < -0.3 is 10.2 Å². The van der Waals surface area contributed by atoms with Crippen LogP contribution in [0.25, 0.3) is 0 Å². The summed E-state index contributed by atoms with van der Waals surface area (Å²) in [7, 11) is 0. The van der Waals surface area contributed by atoms with Crippen LogP contribution in [0.1, 0.15) is 34.3 Å². The Hall–Kier alpha value is -3.00. The van der Waals surface area contributed by atoms with Gasteiger partial charge in [-0.15, -0.1) is 0 Å². The smallest absolute Gasteiger partial charge is 0.269 e. The maximum absolute atomic E-state index is 12.9. The van der Waals surface area contributed by atoms with Crippen molar-refractivity contribution in [2.45, 2.75) is 25.9 Å². The van der Waals surface area contributed by atoms with Crippen LogP contribution in [0.5, 0.6) is 0 Å². The highest BCUT2D eigenvalue weighted by Gasteiger charge is 2.20. The van der Waals surface area contributed by atoms with Crippen molar-refractivity contribution >= 4 is 29.1 Å². The second kappa shape index (κ2) is 9.27. The Morgan fingerprint density at radius 3 is 2.61 bits per heavy atom. The van der Waals surface area contributed by atoms with E-state index in [4.69, 9.17) is 12.2 Å². The summed E-state index contributed by atoms with van der Waals surface area (Å²) in [6.45, 7) is 1.66. The molecule has 1 saturated heterocycles. The molecular formula is C20H21FN4O2S. The number of likely N-dealkylation sites (tertiary alicyclic amines) is 1. The van der Waals surface area contributed by atoms with E-state index in [1.807, 2.05) is 6.07 Å². The highest BCUT2D eigenvalue weighted by Crippen LogP contribution is 2.15. The van der Waals surface area contributed by atoms with E-state index in [0.717, 1.165) is 24.1 Å². The first-order valence-electron chi connectivity index (χ1n) is 8.96. The van der Waals surface area contributed by atoms with Crippen molar-refractivity contribution in [2.24, 2.45) is 0 Å².